The summed E-state index contributed by atoms with van der Waals surface area (Å²) >= 11 is 0. The van der Waals surface area contributed by atoms with Gasteiger partial charge in [0.25, 0.3) is 0 Å². The molecule has 3 rings (SSSR count). The van der Waals surface area contributed by atoms with E-state index in [-0.39, 0.29) is 0 Å². The number of hydrogen-bond donors (Lipinski definition) is 1. The minimum atomic E-state index is 0.997. The van der Waals surface area contributed by atoms with Crippen LogP contribution in [0, 0.1) is 13.8 Å². The molecule has 0 radical (unpaired) electrons. The van der Waals surface area contributed by atoms with Gasteiger partial charge in [-0.1, -0.05) is 24.3 Å². The fourth-order valence-electron chi connectivity index (χ4n) is 3.09. The summed E-state index contributed by atoms with van der Waals surface area (Å²) < 4.78 is 2.34. The Kier molecular flexibility index (Phi) is 2.75. The van der Waals surface area contributed by atoms with Crippen LogP contribution >= 0.6 is 0 Å². The summed E-state index contributed by atoms with van der Waals surface area (Å²) in [5, 5.41) is 4.79. The van der Waals surface area contributed by atoms with E-state index >= 15 is 0 Å². The molecule has 1 aromatic heterocycles. The molecular weight excluding hydrogens is 220 g/mol. The minimum Gasteiger partial charge on any atom is -0.347 e. The molecule has 1 aromatic carbocycles. The molecule has 0 spiro atoms. The summed E-state index contributed by atoms with van der Waals surface area (Å²) in [6, 6.07) is 6.62. The van der Waals surface area contributed by atoms with Crippen LogP contribution in [0.1, 0.15) is 23.2 Å². The Morgan fingerprint density at radius 3 is 2.78 bits per heavy atom. The number of aromatic nitrogens is 1. The normalized spacial score (nSPS) is 16.1. The Morgan fingerprint density at radius 2 is 2.06 bits per heavy atom. The smallest absolute Gasteiger partial charge is 0.0515 e. The molecule has 1 N–H and O–H groups in total. The third-order valence-corrected chi connectivity index (χ3v) is 4.09. The molecule has 1 aliphatic heterocycles. The molecule has 2 aromatic rings. The summed E-state index contributed by atoms with van der Waals surface area (Å²) in [6.07, 6.45) is 3.47. The van der Waals surface area contributed by atoms with E-state index in [1.54, 1.807) is 0 Å². The molecule has 0 aliphatic carbocycles. The number of rotatable bonds is 1. The van der Waals surface area contributed by atoms with Crippen LogP contribution in [-0.2, 0) is 7.05 Å². The minimum absolute atomic E-state index is 0.997. The zero-order valence-corrected chi connectivity index (χ0v) is 11.4. The fraction of sp³-hybridized carbons (Fsp3) is 0.375. The second kappa shape index (κ2) is 4.29. The standard InChI is InChI=1S/C16H20N2/c1-11-5-4-6-14-15(12(2)18(3)16(11)14)13-7-9-17-10-8-13/h4-7,17H,8-10H2,1-3H3. The second-order valence-electron chi connectivity index (χ2n) is 5.17. The number of para-hydroxylation sites is 1. The zero-order valence-electron chi connectivity index (χ0n) is 11.4. The summed E-state index contributed by atoms with van der Waals surface area (Å²) in [7, 11) is 2.18. The number of fused-ring (bicyclic) bond motifs is 1. The van der Waals surface area contributed by atoms with Crippen LogP contribution in [0.2, 0.25) is 0 Å². The number of nitrogens with one attached hydrogen (secondary N) is 1. The van der Waals surface area contributed by atoms with Crippen molar-refractivity contribution in [3.8, 4) is 0 Å². The summed E-state index contributed by atoms with van der Waals surface area (Å²) in [4.78, 5) is 0. The number of benzene rings is 1. The molecule has 0 unspecified atom stereocenters. The topological polar surface area (TPSA) is 17.0 Å². The molecule has 0 amide bonds. The predicted molar refractivity (Wildman–Crippen MR) is 77.9 cm³/mol. The molecule has 0 fully saturated rings. The van der Waals surface area contributed by atoms with Gasteiger partial charge < -0.3 is 9.88 Å². The van der Waals surface area contributed by atoms with Gasteiger partial charge in [0.1, 0.15) is 0 Å². The molecule has 94 valence electrons. The third kappa shape index (κ3) is 1.60. The van der Waals surface area contributed by atoms with E-state index in [1.807, 2.05) is 0 Å². The van der Waals surface area contributed by atoms with Crippen molar-refractivity contribution in [3.63, 3.8) is 0 Å². The van der Waals surface area contributed by atoms with E-state index < -0.39 is 0 Å². The lowest BCUT2D eigenvalue weighted by Gasteiger charge is -2.14. The zero-order chi connectivity index (χ0) is 12.7. The van der Waals surface area contributed by atoms with Crippen molar-refractivity contribution in [2.45, 2.75) is 20.3 Å². The van der Waals surface area contributed by atoms with Crippen molar-refractivity contribution >= 4 is 16.5 Å². The van der Waals surface area contributed by atoms with Crippen LogP contribution in [0.15, 0.2) is 24.3 Å². The van der Waals surface area contributed by atoms with Gasteiger partial charge in [-0.3, -0.25) is 0 Å². The lowest BCUT2D eigenvalue weighted by molar-refractivity contribution is 0.738. The highest BCUT2D eigenvalue weighted by Gasteiger charge is 2.17. The molecule has 2 heterocycles. The van der Waals surface area contributed by atoms with Gasteiger partial charge >= 0.3 is 0 Å². The first-order chi connectivity index (χ1) is 8.70. The van der Waals surface area contributed by atoms with Crippen molar-refractivity contribution in [3.05, 3.63) is 41.1 Å². The highest BCUT2D eigenvalue weighted by atomic mass is 14.9. The highest BCUT2D eigenvalue weighted by molar-refractivity contribution is 5.96. The van der Waals surface area contributed by atoms with E-state index in [0.717, 1.165) is 19.5 Å². The van der Waals surface area contributed by atoms with Crippen molar-refractivity contribution in [2.24, 2.45) is 7.05 Å². The number of nitrogens with zero attached hydrogens (tertiary/aromatic N) is 1. The largest absolute Gasteiger partial charge is 0.347 e. The van der Waals surface area contributed by atoms with Gasteiger partial charge in [0, 0.05) is 30.2 Å². The average Bonchev–Trinajstić information content (AvgIpc) is 2.64. The first-order valence-electron chi connectivity index (χ1n) is 6.65. The molecule has 2 nitrogen and oxygen atoms in total. The fourth-order valence-corrected chi connectivity index (χ4v) is 3.09. The number of aryl methyl sites for hydroxylation is 2. The first kappa shape index (κ1) is 11.5. The maximum absolute atomic E-state index is 3.39. The van der Waals surface area contributed by atoms with E-state index in [0.29, 0.717) is 0 Å². The van der Waals surface area contributed by atoms with Crippen molar-refractivity contribution in [1.82, 2.24) is 9.88 Å². The van der Waals surface area contributed by atoms with Gasteiger partial charge in [-0.25, -0.2) is 0 Å². The summed E-state index contributed by atoms with van der Waals surface area (Å²) in [5.41, 5.74) is 7.08. The molecule has 0 bridgehead atoms. The summed E-state index contributed by atoms with van der Waals surface area (Å²) in [6.45, 7) is 6.52. The van der Waals surface area contributed by atoms with Crippen molar-refractivity contribution in [2.75, 3.05) is 13.1 Å². The lowest BCUT2D eigenvalue weighted by Crippen LogP contribution is -2.20. The molecule has 2 heteroatoms. The van der Waals surface area contributed by atoms with Crippen molar-refractivity contribution in [1.29, 1.82) is 0 Å². The van der Waals surface area contributed by atoms with Crippen LogP contribution in [0.5, 0.6) is 0 Å². The summed E-state index contributed by atoms with van der Waals surface area (Å²) in [5.74, 6) is 0. The Hall–Kier alpha value is -1.54. The van der Waals surface area contributed by atoms with Gasteiger partial charge in [0.2, 0.25) is 0 Å². The first-order valence-corrected chi connectivity index (χ1v) is 6.65. The van der Waals surface area contributed by atoms with Crippen LogP contribution in [0.3, 0.4) is 0 Å². The highest BCUT2D eigenvalue weighted by Crippen LogP contribution is 2.34. The van der Waals surface area contributed by atoms with Gasteiger partial charge in [0.05, 0.1) is 5.52 Å². The average molecular weight is 240 g/mol. The lowest BCUT2D eigenvalue weighted by atomic mass is 9.97. The maximum atomic E-state index is 3.39. The van der Waals surface area contributed by atoms with E-state index in [1.165, 1.54) is 33.3 Å². The van der Waals surface area contributed by atoms with Crippen LogP contribution in [0.25, 0.3) is 16.5 Å². The molecule has 1 aliphatic rings. The molecule has 18 heavy (non-hydrogen) atoms. The van der Waals surface area contributed by atoms with Gasteiger partial charge in [-0.05, 0) is 37.9 Å². The van der Waals surface area contributed by atoms with E-state index in [4.69, 9.17) is 0 Å². The van der Waals surface area contributed by atoms with E-state index in [2.05, 4.69) is 55.1 Å². The molecular formula is C16H20N2. The Morgan fingerprint density at radius 1 is 1.22 bits per heavy atom. The molecule has 0 atom stereocenters. The number of hydrogen-bond acceptors (Lipinski definition) is 1. The second-order valence-corrected chi connectivity index (χ2v) is 5.17. The molecule has 0 saturated carbocycles. The van der Waals surface area contributed by atoms with Gasteiger partial charge in [-0.2, -0.15) is 0 Å². The third-order valence-electron chi connectivity index (χ3n) is 4.09. The Bertz CT molecular complexity index is 632. The predicted octanol–water partition coefficient (Wildman–Crippen LogP) is 3.17. The van der Waals surface area contributed by atoms with Crippen LogP contribution in [0.4, 0.5) is 0 Å². The Balaban J connectivity index is 2.32. The SMILES string of the molecule is Cc1cccc2c(C3=CCNCC3)c(C)n(C)c12. The molecule has 0 saturated heterocycles. The monoisotopic (exact) mass is 240 g/mol. The van der Waals surface area contributed by atoms with Crippen LogP contribution < -0.4 is 5.32 Å². The van der Waals surface area contributed by atoms with E-state index in [9.17, 15) is 0 Å². The van der Waals surface area contributed by atoms with Crippen molar-refractivity contribution < 1.29 is 0 Å². The van der Waals surface area contributed by atoms with Crippen LogP contribution in [-0.4, -0.2) is 17.7 Å². The van der Waals surface area contributed by atoms with Gasteiger partial charge in [-0.15, -0.1) is 0 Å². The maximum Gasteiger partial charge on any atom is 0.0515 e. The Labute approximate surface area is 108 Å². The van der Waals surface area contributed by atoms with Gasteiger partial charge in [0.15, 0.2) is 0 Å². The quantitative estimate of drug-likeness (QED) is 0.810.